The molecule has 12 nitrogen and oxygen atoms in total. The second-order valence-corrected chi connectivity index (χ2v) is 27.9. The molecule has 3 heterocycles. The average molecular weight is 1130 g/mol. The van der Waals surface area contributed by atoms with E-state index in [0.29, 0.717) is 61.9 Å². The Morgan fingerprint density at radius 2 is 0.695 bits per heavy atom. The molecule has 8 atom stereocenters. The molecule has 12 heteroatoms. The van der Waals surface area contributed by atoms with E-state index in [1.165, 1.54) is 85.0 Å². The minimum Gasteiger partial charge on any atom is -0.376 e. The van der Waals surface area contributed by atoms with Crippen molar-refractivity contribution in [2.75, 3.05) is 80.8 Å². The van der Waals surface area contributed by atoms with Crippen molar-refractivity contribution in [3.8, 4) is 0 Å². The normalized spacial score (nSPS) is 26.5. The maximum absolute atomic E-state index is 7.26. The lowest BCUT2D eigenvalue weighted by Crippen LogP contribution is -2.47. The van der Waals surface area contributed by atoms with Crippen molar-refractivity contribution in [2.24, 2.45) is 23.7 Å². The number of nitrogens with zero attached hydrogens (tertiary/aromatic N) is 8. The molecule has 2 aromatic carbocycles. The highest BCUT2D eigenvalue weighted by atomic mass is 16.5. The molecule has 0 N–H and O–H groups in total. The van der Waals surface area contributed by atoms with E-state index in [0.717, 1.165) is 77.8 Å². The number of likely N-dealkylation sites (N-methyl/N-ethyl adjacent to an activating group) is 4. The molecule has 2 saturated carbocycles. The fourth-order valence-electron chi connectivity index (χ4n) is 13.8. The van der Waals surface area contributed by atoms with Gasteiger partial charge in [-0.2, -0.15) is 10.2 Å². The molecule has 0 amide bonds. The first-order valence-electron chi connectivity index (χ1n) is 32.8. The van der Waals surface area contributed by atoms with Crippen molar-refractivity contribution in [3.05, 3.63) is 107 Å². The molecule has 7 rings (SSSR count). The van der Waals surface area contributed by atoms with Crippen molar-refractivity contribution < 1.29 is 18.9 Å². The number of aromatic nitrogens is 4. The molecule has 1 saturated heterocycles. The van der Waals surface area contributed by atoms with E-state index in [9.17, 15) is 0 Å². The summed E-state index contributed by atoms with van der Waals surface area (Å²) < 4.78 is 32.9. The lowest BCUT2D eigenvalue weighted by Gasteiger charge is -2.37. The van der Waals surface area contributed by atoms with Gasteiger partial charge in [-0.3, -0.25) is 29.0 Å². The van der Waals surface area contributed by atoms with Crippen LogP contribution in [0.3, 0.4) is 0 Å². The van der Waals surface area contributed by atoms with Crippen LogP contribution in [0.25, 0.3) is 0 Å². The van der Waals surface area contributed by atoms with Crippen LogP contribution in [0.15, 0.2) is 73.1 Å². The van der Waals surface area contributed by atoms with Gasteiger partial charge in [-0.1, -0.05) is 130 Å². The Bertz CT molecular complexity index is 2170. The maximum Gasteiger partial charge on any atom is 0.0743 e. The Morgan fingerprint density at radius 3 is 1.01 bits per heavy atom. The molecule has 4 aromatic rings. The van der Waals surface area contributed by atoms with E-state index in [2.05, 4.69) is 187 Å². The van der Waals surface area contributed by atoms with Crippen molar-refractivity contribution in [2.45, 2.75) is 233 Å². The van der Waals surface area contributed by atoms with Gasteiger partial charge in [0.1, 0.15) is 0 Å². The van der Waals surface area contributed by atoms with E-state index in [4.69, 9.17) is 29.1 Å². The Hall–Kier alpha value is -3.46. The molecule has 2 aromatic heterocycles. The minimum absolute atomic E-state index is 0.00547. The van der Waals surface area contributed by atoms with Crippen LogP contribution in [0.5, 0.6) is 0 Å². The standard InChI is InChI=1S/C70H116N8O4/c1-51(2)35-63-47-79-55(9)41-73(11)66(38-54(7)8)50-82-68(40-58-25-29-60(30-26-58)44-78-70(32-34-72-78)62-21-17-18-22-62)46-76(14)64(36-52(3)4)48-80-56(10)42-74(12)65(37-53(5)6)49-81-67(45-75(63)13)39-57-23-27-59(28-24-57)43-77-69(31-33-71-77)61-19-15-16-20-61/h23-34,51-56,61-68H,15-22,35-50H2,1-14H3/t55-,56-,63+,64+,65+,66+,67-,68-/m1/s1. The first-order chi connectivity index (χ1) is 39.3. The third-order valence-electron chi connectivity index (χ3n) is 18.4. The summed E-state index contributed by atoms with van der Waals surface area (Å²) in [6.45, 7) is 30.9. The van der Waals surface area contributed by atoms with Gasteiger partial charge in [0.25, 0.3) is 0 Å². The zero-order chi connectivity index (χ0) is 58.7. The summed E-state index contributed by atoms with van der Waals surface area (Å²) in [5.74, 6) is 3.39. The highest BCUT2D eigenvalue weighted by Crippen LogP contribution is 2.35. The molecule has 0 radical (unpaired) electrons. The topological polar surface area (TPSA) is 85.5 Å². The third-order valence-corrected chi connectivity index (χ3v) is 18.4. The fourth-order valence-corrected chi connectivity index (χ4v) is 13.8. The molecule has 0 unspecified atom stereocenters. The summed E-state index contributed by atoms with van der Waals surface area (Å²) >= 11 is 0. The maximum atomic E-state index is 7.26. The number of ether oxygens (including phenoxy) is 4. The average Bonchev–Trinajstić information content (AvgIpc) is 4.39. The fraction of sp³-hybridized carbons (Fsp3) is 0.743. The van der Waals surface area contributed by atoms with Crippen LogP contribution >= 0.6 is 0 Å². The Labute approximate surface area is 499 Å². The van der Waals surface area contributed by atoms with Crippen molar-refractivity contribution in [1.82, 2.24) is 39.2 Å². The van der Waals surface area contributed by atoms with Gasteiger partial charge in [0.05, 0.1) is 63.9 Å². The third kappa shape index (κ3) is 21.5. The highest BCUT2D eigenvalue weighted by molar-refractivity contribution is 5.26. The largest absolute Gasteiger partial charge is 0.376 e. The smallest absolute Gasteiger partial charge is 0.0743 e. The zero-order valence-corrected chi connectivity index (χ0v) is 54.2. The lowest BCUT2D eigenvalue weighted by molar-refractivity contribution is -0.0536. The molecular formula is C70H116N8O4. The minimum atomic E-state index is 0.00547. The summed E-state index contributed by atoms with van der Waals surface area (Å²) in [7, 11) is 9.18. The van der Waals surface area contributed by atoms with Crippen LogP contribution in [0, 0.1) is 23.7 Å². The van der Waals surface area contributed by atoms with Crippen LogP contribution in [-0.4, -0.2) is 169 Å². The molecule has 82 heavy (non-hydrogen) atoms. The van der Waals surface area contributed by atoms with E-state index < -0.39 is 0 Å². The van der Waals surface area contributed by atoms with Crippen LogP contribution in [0.4, 0.5) is 0 Å². The first kappa shape index (κ1) is 66.1. The number of rotatable bonds is 18. The molecule has 0 spiro atoms. The highest BCUT2D eigenvalue weighted by Gasteiger charge is 2.30. The van der Waals surface area contributed by atoms with Gasteiger partial charge < -0.3 is 18.9 Å². The molecule has 3 fully saturated rings. The van der Waals surface area contributed by atoms with Crippen molar-refractivity contribution in [3.63, 3.8) is 0 Å². The molecular weight excluding hydrogens is 1020 g/mol. The van der Waals surface area contributed by atoms with Gasteiger partial charge in [0, 0.05) is 86.0 Å². The van der Waals surface area contributed by atoms with Crippen LogP contribution in [0.2, 0.25) is 0 Å². The SMILES string of the molecule is CC(C)C[C@H]1CO[C@H](C)CN(C)[C@@H](CC(C)C)CO[C@H](Cc2ccc(Cn3nccc3C3CCCC3)cc2)CN(C)[C@@H](CC(C)C)CO[C@H](C)CN(C)[C@@H](CC(C)C)CO[C@H](Cc2ccc(Cn3nccc3C3CCCC3)cc2)CN1C. The number of benzene rings is 2. The van der Waals surface area contributed by atoms with Crippen LogP contribution < -0.4 is 0 Å². The molecule has 2 aliphatic carbocycles. The summed E-state index contributed by atoms with van der Waals surface area (Å²) in [4.78, 5) is 10.1. The van der Waals surface area contributed by atoms with Gasteiger partial charge in [-0.25, -0.2) is 0 Å². The monoisotopic (exact) mass is 1130 g/mol. The molecule has 460 valence electrons. The first-order valence-corrected chi connectivity index (χ1v) is 32.8. The van der Waals surface area contributed by atoms with Crippen molar-refractivity contribution in [1.29, 1.82) is 0 Å². The van der Waals surface area contributed by atoms with E-state index in [1.807, 2.05) is 12.4 Å². The summed E-state index contributed by atoms with van der Waals surface area (Å²) in [6, 6.07) is 24.1. The predicted octanol–water partition coefficient (Wildman–Crippen LogP) is 13.3. The molecule has 3 aliphatic rings. The van der Waals surface area contributed by atoms with Crippen LogP contribution in [0.1, 0.15) is 192 Å². The van der Waals surface area contributed by atoms with Crippen molar-refractivity contribution >= 4 is 0 Å². The Balaban J connectivity index is 1.10. The van der Waals surface area contributed by atoms with Gasteiger partial charge in [0.2, 0.25) is 0 Å². The van der Waals surface area contributed by atoms with Gasteiger partial charge in [0.15, 0.2) is 0 Å². The summed E-state index contributed by atoms with van der Waals surface area (Å²) in [5, 5.41) is 9.56. The Morgan fingerprint density at radius 1 is 0.402 bits per heavy atom. The Kier molecular flexibility index (Phi) is 26.9. The van der Waals surface area contributed by atoms with Gasteiger partial charge in [-0.15, -0.1) is 0 Å². The lowest BCUT2D eigenvalue weighted by atomic mass is 10.0. The van der Waals surface area contributed by atoms with Gasteiger partial charge in [-0.05, 0) is 164 Å². The van der Waals surface area contributed by atoms with E-state index in [-0.39, 0.29) is 48.6 Å². The second kappa shape index (κ2) is 33.4. The van der Waals surface area contributed by atoms with E-state index >= 15 is 0 Å². The summed E-state index contributed by atoms with van der Waals surface area (Å²) in [5.41, 5.74) is 8.00. The quantitative estimate of drug-likeness (QED) is 0.0960. The van der Waals surface area contributed by atoms with Gasteiger partial charge >= 0.3 is 0 Å². The second-order valence-electron chi connectivity index (χ2n) is 27.9. The zero-order valence-electron chi connectivity index (χ0n) is 54.2. The molecule has 0 bridgehead atoms. The number of hydrogen-bond donors (Lipinski definition) is 0. The molecule has 1 aliphatic heterocycles. The number of hydrogen-bond acceptors (Lipinski definition) is 10. The summed E-state index contributed by atoms with van der Waals surface area (Å²) in [6.07, 6.45) is 20.4. The van der Waals surface area contributed by atoms with Crippen LogP contribution in [-0.2, 0) is 44.9 Å². The predicted molar refractivity (Wildman–Crippen MR) is 339 cm³/mol. The van der Waals surface area contributed by atoms with E-state index in [1.54, 1.807) is 0 Å².